The van der Waals surface area contributed by atoms with Crippen LogP contribution in [-0.4, -0.2) is 29.1 Å². The van der Waals surface area contributed by atoms with E-state index in [0.717, 1.165) is 45.0 Å². The van der Waals surface area contributed by atoms with E-state index < -0.39 is 11.6 Å². The van der Waals surface area contributed by atoms with Crippen molar-refractivity contribution in [3.05, 3.63) is 114 Å². The highest BCUT2D eigenvalue weighted by Crippen LogP contribution is 2.58. The van der Waals surface area contributed by atoms with Crippen molar-refractivity contribution < 1.29 is 14.3 Å². The van der Waals surface area contributed by atoms with Crippen molar-refractivity contribution >= 4 is 22.6 Å². The van der Waals surface area contributed by atoms with Crippen LogP contribution in [0.4, 0.5) is 5.69 Å². The number of ether oxygens (including phenoxy) is 2. The second-order valence-corrected chi connectivity index (χ2v) is 8.90. The number of carbonyl (C=O) groups is 1. The number of β-lactam (4-membered cyclic amide) rings is 1. The fraction of sp³-hybridized carbons (Fsp3) is 0.100. The molecule has 6 nitrogen and oxygen atoms in total. The van der Waals surface area contributed by atoms with Crippen LogP contribution < -0.4 is 14.4 Å². The minimum absolute atomic E-state index is 0.137. The lowest BCUT2D eigenvalue weighted by Gasteiger charge is -2.54. The Hall–Kier alpha value is -4.71. The number of hydrogen-bond acceptors (Lipinski definition) is 5. The molecule has 0 bridgehead atoms. The molecule has 2 heterocycles. The molecule has 4 aromatic carbocycles. The second kappa shape index (κ2) is 7.65. The van der Waals surface area contributed by atoms with Crippen molar-refractivity contribution in [2.75, 3.05) is 12.0 Å². The van der Waals surface area contributed by atoms with Crippen LogP contribution in [0.5, 0.6) is 11.5 Å². The van der Waals surface area contributed by atoms with E-state index in [1.165, 1.54) is 0 Å². The molecule has 0 unspecified atom stereocenters. The van der Waals surface area contributed by atoms with Crippen molar-refractivity contribution in [2.45, 2.75) is 11.6 Å². The van der Waals surface area contributed by atoms with Gasteiger partial charge >= 0.3 is 0 Å². The summed E-state index contributed by atoms with van der Waals surface area (Å²) in [5.41, 5.74) is 4.76. The van der Waals surface area contributed by atoms with Gasteiger partial charge in [-0.15, -0.1) is 0 Å². The number of anilines is 1. The van der Waals surface area contributed by atoms with Crippen LogP contribution in [0, 0.1) is 0 Å². The third-order valence-electron chi connectivity index (χ3n) is 7.03. The normalized spacial score (nSPS) is 19.6. The van der Waals surface area contributed by atoms with Gasteiger partial charge in [0.05, 0.1) is 23.8 Å². The third-order valence-corrected chi connectivity index (χ3v) is 7.03. The number of rotatable bonds is 4. The molecule has 6 heteroatoms. The molecule has 1 aliphatic carbocycles. The van der Waals surface area contributed by atoms with Gasteiger partial charge in [-0.1, -0.05) is 54.6 Å². The zero-order valence-corrected chi connectivity index (χ0v) is 19.5. The molecular formula is C30H21N3O3. The first-order valence-electron chi connectivity index (χ1n) is 11.8. The highest BCUT2D eigenvalue weighted by molar-refractivity contribution is 6.11. The molecule has 1 aromatic heterocycles. The summed E-state index contributed by atoms with van der Waals surface area (Å²) in [6.07, 6.45) is -0.806. The smallest absolute Gasteiger partial charge is 0.272 e. The summed E-state index contributed by atoms with van der Waals surface area (Å²) in [6, 6.07) is 32.8. The summed E-state index contributed by atoms with van der Waals surface area (Å²) >= 11 is 0. The molecular weight excluding hydrogens is 450 g/mol. The minimum Gasteiger partial charge on any atom is -0.497 e. The van der Waals surface area contributed by atoms with E-state index in [9.17, 15) is 4.79 Å². The Kier molecular flexibility index (Phi) is 4.39. The molecule has 174 valence electrons. The van der Waals surface area contributed by atoms with Gasteiger partial charge in [-0.05, 0) is 54.1 Å². The Balaban J connectivity index is 1.51. The van der Waals surface area contributed by atoms with Crippen molar-refractivity contribution in [3.63, 3.8) is 0 Å². The van der Waals surface area contributed by atoms with Crippen molar-refractivity contribution in [3.8, 4) is 22.8 Å². The number of benzene rings is 4. The third kappa shape index (κ3) is 2.69. The van der Waals surface area contributed by atoms with Gasteiger partial charge in [0.15, 0.2) is 5.54 Å². The fourth-order valence-corrected chi connectivity index (χ4v) is 5.45. The highest BCUT2D eigenvalue weighted by Gasteiger charge is 2.69. The standard InChI is InChI=1S/C30H21N3O3/c1-35-20-17-15-19(16-18-20)33-29(34)28(36-21-9-3-2-4-10-21)30(33)23-12-6-5-11-22(23)26-27(30)32-25-14-8-7-13-24(25)31-26/h2-18,28H,1H3/t28-,30+/m0/s1. The van der Waals surface area contributed by atoms with Gasteiger partial charge in [-0.3, -0.25) is 9.69 Å². The van der Waals surface area contributed by atoms with E-state index in [0.29, 0.717) is 5.75 Å². The number of methoxy groups -OCH3 is 1. The van der Waals surface area contributed by atoms with Crippen molar-refractivity contribution in [2.24, 2.45) is 0 Å². The van der Waals surface area contributed by atoms with Crippen molar-refractivity contribution in [1.29, 1.82) is 0 Å². The Morgan fingerprint density at radius 2 is 1.42 bits per heavy atom. The first kappa shape index (κ1) is 20.6. The number of carbonyl (C=O) groups excluding carboxylic acids is 1. The van der Waals surface area contributed by atoms with Gasteiger partial charge in [-0.25, -0.2) is 9.97 Å². The zero-order valence-electron chi connectivity index (χ0n) is 19.5. The maximum atomic E-state index is 13.9. The Morgan fingerprint density at radius 1 is 0.750 bits per heavy atom. The van der Waals surface area contributed by atoms with Gasteiger partial charge < -0.3 is 9.47 Å². The monoisotopic (exact) mass is 471 g/mol. The van der Waals surface area contributed by atoms with Gasteiger partial charge in [-0.2, -0.15) is 0 Å². The average molecular weight is 472 g/mol. The topological polar surface area (TPSA) is 64.5 Å². The lowest BCUT2D eigenvalue weighted by atomic mass is 9.74. The maximum Gasteiger partial charge on any atom is 0.272 e. The molecule has 0 N–H and O–H groups in total. The number of hydrogen-bond donors (Lipinski definition) is 0. The number of amides is 1. The summed E-state index contributed by atoms with van der Waals surface area (Å²) in [5, 5.41) is 0. The summed E-state index contributed by atoms with van der Waals surface area (Å²) in [5.74, 6) is 1.21. The van der Waals surface area contributed by atoms with E-state index in [2.05, 4.69) is 0 Å². The van der Waals surface area contributed by atoms with E-state index in [1.807, 2.05) is 103 Å². The summed E-state index contributed by atoms with van der Waals surface area (Å²) in [6.45, 7) is 0. The largest absolute Gasteiger partial charge is 0.497 e. The van der Waals surface area contributed by atoms with Gasteiger partial charge in [0, 0.05) is 11.3 Å². The molecule has 1 spiro atoms. The SMILES string of the molecule is COc1ccc(N2C(=O)[C@H](Oc3ccccc3)[C@]23c2ccccc2-c2nc4ccccc4nc23)cc1. The van der Waals surface area contributed by atoms with Crippen LogP contribution in [0.25, 0.3) is 22.3 Å². The Bertz CT molecular complexity index is 1640. The van der Waals surface area contributed by atoms with Crippen LogP contribution in [0.3, 0.4) is 0 Å². The zero-order chi connectivity index (χ0) is 24.3. The van der Waals surface area contributed by atoms with E-state index in [4.69, 9.17) is 19.4 Å². The average Bonchev–Trinajstić information content (AvgIpc) is 3.23. The predicted molar refractivity (Wildman–Crippen MR) is 137 cm³/mol. The minimum atomic E-state index is -0.968. The van der Waals surface area contributed by atoms with Crippen LogP contribution in [0.2, 0.25) is 0 Å². The molecule has 1 aliphatic heterocycles. The number of aromatic nitrogens is 2. The number of fused-ring (bicyclic) bond motifs is 6. The summed E-state index contributed by atoms with van der Waals surface area (Å²) in [7, 11) is 1.62. The van der Waals surface area contributed by atoms with Crippen LogP contribution in [0.1, 0.15) is 11.3 Å². The molecule has 0 saturated carbocycles. The molecule has 1 fully saturated rings. The van der Waals surface area contributed by atoms with Crippen LogP contribution in [0.15, 0.2) is 103 Å². The van der Waals surface area contributed by atoms with Crippen molar-refractivity contribution in [1.82, 2.24) is 9.97 Å². The first-order valence-corrected chi connectivity index (χ1v) is 11.8. The molecule has 2 atom stereocenters. The lowest BCUT2D eigenvalue weighted by Crippen LogP contribution is -2.74. The molecule has 5 aromatic rings. The van der Waals surface area contributed by atoms with E-state index in [1.54, 1.807) is 12.0 Å². The van der Waals surface area contributed by atoms with Gasteiger partial charge in [0.2, 0.25) is 6.10 Å². The summed E-state index contributed by atoms with van der Waals surface area (Å²) < 4.78 is 11.8. The predicted octanol–water partition coefficient (Wildman–Crippen LogP) is 5.36. The Morgan fingerprint density at radius 3 is 2.17 bits per heavy atom. The fourth-order valence-electron chi connectivity index (χ4n) is 5.45. The van der Waals surface area contributed by atoms with Gasteiger partial charge in [0.25, 0.3) is 5.91 Å². The quantitative estimate of drug-likeness (QED) is 0.330. The van der Waals surface area contributed by atoms with E-state index in [-0.39, 0.29) is 5.91 Å². The van der Waals surface area contributed by atoms with Gasteiger partial charge in [0.1, 0.15) is 17.2 Å². The number of nitrogens with zero attached hydrogens (tertiary/aromatic N) is 3. The first-order chi connectivity index (χ1) is 17.7. The number of para-hydroxylation sites is 3. The Labute approximate surface area is 207 Å². The lowest BCUT2D eigenvalue weighted by molar-refractivity contribution is -0.139. The highest BCUT2D eigenvalue weighted by atomic mass is 16.5. The molecule has 1 saturated heterocycles. The molecule has 0 radical (unpaired) electrons. The molecule has 1 amide bonds. The molecule has 36 heavy (non-hydrogen) atoms. The maximum absolute atomic E-state index is 13.9. The second-order valence-electron chi connectivity index (χ2n) is 8.90. The molecule has 7 rings (SSSR count). The summed E-state index contributed by atoms with van der Waals surface area (Å²) in [4.78, 5) is 25.8. The van der Waals surface area contributed by atoms with E-state index >= 15 is 0 Å². The van der Waals surface area contributed by atoms with Crippen LogP contribution in [-0.2, 0) is 10.3 Å². The molecule has 2 aliphatic rings. The van der Waals surface area contributed by atoms with Crippen LogP contribution >= 0.6 is 0 Å².